The first-order valence-corrected chi connectivity index (χ1v) is 5.82. The highest BCUT2D eigenvalue weighted by Crippen LogP contribution is 2.28. The van der Waals surface area contributed by atoms with E-state index in [9.17, 15) is 9.59 Å². The topological polar surface area (TPSA) is 84.2 Å². The van der Waals surface area contributed by atoms with Crippen LogP contribution >= 0.6 is 11.8 Å². The van der Waals surface area contributed by atoms with Crippen molar-refractivity contribution in [3.05, 3.63) is 0 Å². The van der Waals surface area contributed by atoms with E-state index < -0.39 is 11.8 Å². The molecule has 0 bridgehead atoms. The molecular weight excluding hydrogens is 202 g/mol. The van der Waals surface area contributed by atoms with Crippen LogP contribution in [-0.2, 0) is 9.59 Å². The van der Waals surface area contributed by atoms with E-state index in [0.717, 1.165) is 19.3 Å². The number of hydrogen-bond acceptors (Lipinski definition) is 4. The molecule has 0 aliphatic heterocycles. The number of carbonyl (C=O) groups is 2. The molecule has 0 aromatic rings. The van der Waals surface area contributed by atoms with Gasteiger partial charge in [0.25, 0.3) is 0 Å². The summed E-state index contributed by atoms with van der Waals surface area (Å²) in [5.41, 5.74) is 1.81. The summed E-state index contributed by atoms with van der Waals surface area (Å²) < 4.78 is 0. The zero-order valence-electron chi connectivity index (χ0n) is 8.08. The minimum atomic E-state index is -0.781. The van der Waals surface area contributed by atoms with Gasteiger partial charge in [0, 0.05) is 11.3 Å². The molecule has 6 heteroatoms. The van der Waals surface area contributed by atoms with Gasteiger partial charge in [-0.15, -0.1) is 0 Å². The quantitative estimate of drug-likeness (QED) is 0.249. The summed E-state index contributed by atoms with van der Waals surface area (Å²) in [6.45, 7) is 0. The number of carbonyl (C=O) groups excluding carboxylic acids is 2. The van der Waals surface area contributed by atoms with Crippen LogP contribution in [0.25, 0.3) is 0 Å². The second-order valence-electron chi connectivity index (χ2n) is 3.26. The molecule has 5 nitrogen and oxygen atoms in total. The Kier molecular flexibility index (Phi) is 4.21. The van der Waals surface area contributed by atoms with Crippen molar-refractivity contribution in [2.75, 3.05) is 6.26 Å². The Morgan fingerprint density at radius 3 is 2.64 bits per heavy atom. The van der Waals surface area contributed by atoms with E-state index in [4.69, 9.17) is 5.84 Å². The highest BCUT2D eigenvalue weighted by Gasteiger charge is 2.29. The minimum Gasteiger partial charge on any atom is -0.344 e. The van der Waals surface area contributed by atoms with E-state index >= 15 is 0 Å². The van der Waals surface area contributed by atoms with E-state index in [0.29, 0.717) is 5.25 Å². The largest absolute Gasteiger partial charge is 0.344 e. The maximum Gasteiger partial charge on any atom is 0.323 e. The predicted octanol–water partition coefficient (Wildman–Crippen LogP) is -0.623. The van der Waals surface area contributed by atoms with Crippen LogP contribution < -0.4 is 16.6 Å². The molecule has 1 aliphatic carbocycles. The first-order valence-electron chi connectivity index (χ1n) is 4.53. The molecule has 2 unspecified atom stereocenters. The second kappa shape index (κ2) is 5.21. The Morgan fingerprint density at radius 2 is 2.07 bits per heavy atom. The summed E-state index contributed by atoms with van der Waals surface area (Å²) >= 11 is 1.72. The molecule has 1 rings (SSSR count). The van der Waals surface area contributed by atoms with Crippen LogP contribution in [0.5, 0.6) is 0 Å². The van der Waals surface area contributed by atoms with Crippen LogP contribution in [0.3, 0.4) is 0 Å². The standard InChI is InChI=1S/C8H15N3O2S/c1-14-6-4-2-3-5(6)10-7(12)8(13)11-9/h5-6H,2-4,9H2,1H3,(H,10,12)(H,11,13). The number of rotatable bonds is 2. The Balaban J connectivity index is 2.43. The molecular formula is C8H15N3O2S. The van der Waals surface area contributed by atoms with Crippen LogP contribution in [0.2, 0.25) is 0 Å². The van der Waals surface area contributed by atoms with Gasteiger partial charge in [0.1, 0.15) is 0 Å². The number of hydrogen-bond donors (Lipinski definition) is 3. The molecule has 0 heterocycles. The van der Waals surface area contributed by atoms with Gasteiger partial charge in [-0.1, -0.05) is 6.42 Å². The summed E-state index contributed by atoms with van der Waals surface area (Å²) in [4.78, 5) is 22.0. The van der Waals surface area contributed by atoms with Gasteiger partial charge in [0.05, 0.1) is 0 Å². The van der Waals surface area contributed by atoms with Gasteiger partial charge in [-0.25, -0.2) is 5.84 Å². The van der Waals surface area contributed by atoms with E-state index in [-0.39, 0.29) is 6.04 Å². The van der Waals surface area contributed by atoms with Gasteiger partial charge in [-0.2, -0.15) is 11.8 Å². The number of nitrogens with two attached hydrogens (primary N) is 1. The van der Waals surface area contributed by atoms with Crippen LogP contribution in [0, 0.1) is 0 Å². The molecule has 0 aromatic carbocycles. The van der Waals surface area contributed by atoms with Crippen molar-refractivity contribution in [2.24, 2.45) is 5.84 Å². The van der Waals surface area contributed by atoms with E-state index in [1.54, 1.807) is 11.8 Å². The molecule has 0 radical (unpaired) electrons. The van der Waals surface area contributed by atoms with Gasteiger partial charge < -0.3 is 5.32 Å². The minimum absolute atomic E-state index is 0.106. The normalized spacial score (nSPS) is 25.9. The molecule has 80 valence electrons. The summed E-state index contributed by atoms with van der Waals surface area (Å²) in [7, 11) is 0. The summed E-state index contributed by atoms with van der Waals surface area (Å²) in [5.74, 6) is 3.43. The highest BCUT2D eigenvalue weighted by molar-refractivity contribution is 7.99. The Morgan fingerprint density at radius 1 is 1.36 bits per heavy atom. The molecule has 4 N–H and O–H groups in total. The number of nitrogens with one attached hydrogen (secondary N) is 2. The second-order valence-corrected chi connectivity index (χ2v) is 4.34. The lowest BCUT2D eigenvalue weighted by molar-refractivity contribution is -0.139. The van der Waals surface area contributed by atoms with Crippen LogP contribution in [-0.4, -0.2) is 29.4 Å². The van der Waals surface area contributed by atoms with Gasteiger partial charge in [-0.05, 0) is 19.1 Å². The molecule has 14 heavy (non-hydrogen) atoms. The van der Waals surface area contributed by atoms with Crippen molar-refractivity contribution in [1.29, 1.82) is 0 Å². The first-order chi connectivity index (χ1) is 6.69. The third-order valence-corrected chi connectivity index (χ3v) is 3.58. The fourth-order valence-corrected chi connectivity index (χ4v) is 2.61. The van der Waals surface area contributed by atoms with Crippen molar-refractivity contribution < 1.29 is 9.59 Å². The van der Waals surface area contributed by atoms with Crippen molar-refractivity contribution in [3.63, 3.8) is 0 Å². The molecule has 2 atom stereocenters. The van der Waals surface area contributed by atoms with Crippen LogP contribution in [0.15, 0.2) is 0 Å². The Labute approximate surface area is 87.1 Å². The van der Waals surface area contributed by atoms with Gasteiger partial charge >= 0.3 is 11.8 Å². The Hall–Kier alpha value is -0.750. The van der Waals surface area contributed by atoms with E-state index in [2.05, 4.69) is 5.32 Å². The third kappa shape index (κ3) is 2.62. The van der Waals surface area contributed by atoms with Gasteiger partial charge in [-0.3, -0.25) is 15.0 Å². The number of hydrazine groups is 1. The van der Waals surface area contributed by atoms with E-state index in [1.807, 2.05) is 11.7 Å². The van der Waals surface area contributed by atoms with Gasteiger partial charge in [0.2, 0.25) is 0 Å². The SMILES string of the molecule is CSC1CCCC1NC(=O)C(=O)NN. The number of thioether (sulfide) groups is 1. The predicted molar refractivity (Wildman–Crippen MR) is 55.4 cm³/mol. The number of amides is 2. The van der Waals surface area contributed by atoms with Crippen molar-refractivity contribution in [1.82, 2.24) is 10.7 Å². The smallest absolute Gasteiger partial charge is 0.323 e. The maximum absolute atomic E-state index is 11.2. The molecule has 2 amide bonds. The first kappa shape index (κ1) is 11.3. The monoisotopic (exact) mass is 217 g/mol. The van der Waals surface area contributed by atoms with E-state index in [1.165, 1.54) is 0 Å². The molecule has 0 spiro atoms. The molecule has 0 aromatic heterocycles. The van der Waals surface area contributed by atoms with Crippen molar-refractivity contribution in [2.45, 2.75) is 30.6 Å². The average molecular weight is 217 g/mol. The summed E-state index contributed by atoms with van der Waals surface area (Å²) in [6, 6.07) is 0.106. The zero-order valence-corrected chi connectivity index (χ0v) is 8.89. The van der Waals surface area contributed by atoms with Crippen molar-refractivity contribution in [3.8, 4) is 0 Å². The lowest BCUT2D eigenvalue weighted by atomic mass is 10.2. The lowest BCUT2D eigenvalue weighted by Gasteiger charge is -2.18. The summed E-state index contributed by atoms with van der Waals surface area (Å²) in [6.07, 6.45) is 5.14. The average Bonchev–Trinajstić information content (AvgIpc) is 2.63. The van der Waals surface area contributed by atoms with Crippen molar-refractivity contribution >= 4 is 23.6 Å². The fourth-order valence-electron chi connectivity index (χ4n) is 1.67. The molecule has 0 saturated heterocycles. The van der Waals surface area contributed by atoms with Crippen LogP contribution in [0.1, 0.15) is 19.3 Å². The Bertz CT molecular complexity index is 235. The summed E-state index contributed by atoms with van der Waals surface area (Å²) in [5, 5.41) is 3.10. The lowest BCUT2D eigenvalue weighted by Crippen LogP contribution is -2.48. The zero-order chi connectivity index (χ0) is 10.6. The molecule has 1 saturated carbocycles. The fraction of sp³-hybridized carbons (Fsp3) is 0.750. The third-order valence-electron chi connectivity index (χ3n) is 2.41. The molecule has 1 fully saturated rings. The maximum atomic E-state index is 11.2. The van der Waals surface area contributed by atoms with Gasteiger partial charge in [0.15, 0.2) is 0 Å². The molecule has 1 aliphatic rings. The van der Waals surface area contributed by atoms with Crippen LogP contribution in [0.4, 0.5) is 0 Å². The highest BCUT2D eigenvalue weighted by atomic mass is 32.2.